The highest BCUT2D eigenvalue weighted by Crippen LogP contribution is 2.21. The van der Waals surface area contributed by atoms with E-state index in [0.29, 0.717) is 5.56 Å². The second kappa shape index (κ2) is 6.08. The van der Waals surface area contributed by atoms with E-state index in [9.17, 15) is 4.79 Å². The summed E-state index contributed by atoms with van der Waals surface area (Å²) in [4.78, 5) is 17.4. The molecule has 0 aliphatic carbocycles. The van der Waals surface area contributed by atoms with Crippen molar-refractivity contribution >= 4 is 34.5 Å². The second-order valence-corrected chi connectivity index (χ2v) is 5.79. The summed E-state index contributed by atoms with van der Waals surface area (Å²) in [6.45, 7) is 6.73. The molecule has 1 aromatic rings. The molecule has 0 radical (unpaired) electrons. The molecule has 1 saturated heterocycles. The fourth-order valence-corrected chi connectivity index (χ4v) is 2.97. The summed E-state index contributed by atoms with van der Waals surface area (Å²) < 4.78 is 0.944. The summed E-state index contributed by atoms with van der Waals surface area (Å²) in [7, 11) is 0. The Balaban J connectivity index is 2.08. The second-order valence-electron chi connectivity index (χ2n) is 4.39. The smallest absolute Gasteiger partial charge is 0.255 e. The monoisotopic (exact) mass is 328 g/mol. The third-order valence-electron chi connectivity index (χ3n) is 3.30. The SMILES string of the molecule is CCN1CCN(C(=O)c2ccc(Br)cc2S)CC1. The highest BCUT2D eigenvalue weighted by molar-refractivity contribution is 9.10. The molecule has 0 N–H and O–H groups in total. The largest absolute Gasteiger partial charge is 0.336 e. The van der Waals surface area contributed by atoms with Gasteiger partial charge in [-0.1, -0.05) is 22.9 Å². The van der Waals surface area contributed by atoms with Crippen LogP contribution in [-0.2, 0) is 0 Å². The predicted octanol–water partition coefficient (Wildman–Crippen LogP) is 2.52. The molecule has 1 aromatic carbocycles. The van der Waals surface area contributed by atoms with Crippen molar-refractivity contribution in [1.29, 1.82) is 0 Å². The predicted molar refractivity (Wildman–Crippen MR) is 79.4 cm³/mol. The number of likely N-dealkylation sites (N-methyl/N-ethyl adjacent to an activating group) is 1. The van der Waals surface area contributed by atoms with Gasteiger partial charge in [0.25, 0.3) is 5.91 Å². The van der Waals surface area contributed by atoms with Crippen LogP contribution in [0, 0.1) is 0 Å². The number of carbonyl (C=O) groups is 1. The lowest BCUT2D eigenvalue weighted by molar-refractivity contribution is 0.0640. The molecule has 1 amide bonds. The maximum atomic E-state index is 12.4. The van der Waals surface area contributed by atoms with Crippen LogP contribution < -0.4 is 0 Å². The van der Waals surface area contributed by atoms with Gasteiger partial charge in [0.05, 0.1) is 5.56 Å². The summed E-state index contributed by atoms with van der Waals surface area (Å²) in [6.07, 6.45) is 0. The van der Waals surface area contributed by atoms with Gasteiger partial charge in [-0.15, -0.1) is 12.6 Å². The molecule has 1 aliphatic heterocycles. The zero-order valence-electron chi connectivity index (χ0n) is 10.4. The number of hydrogen-bond acceptors (Lipinski definition) is 3. The van der Waals surface area contributed by atoms with Crippen molar-refractivity contribution in [1.82, 2.24) is 9.80 Å². The van der Waals surface area contributed by atoms with Gasteiger partial charge in [0, 0.05) is 35.5 Å². The van der Waals surface area contributed by atoms with E-state index in [1.807, 2.05) is 23.1 Å². The molecule has 1 heterocycles. The lowest BCUT2D eigenvalue weighted by Gasteiger charge is -2.34. The van der Waals surface area contributed by atoms with Crippen LogP contribution in [0.4, 0.5) is 0 Å². The van der Waals surface area contributed by atoms with Crippen molar-refractivity contribution in [3.63, 3.8) is 0 Å². The number of piperazine rings is 1. The maximum absolute atomic E-state index is 12.4. The van der Waals surface area contributed by atoms with E-state index in [1.54, 1.807) is 0 Å². The highest BCUT2D eigenvalue weighted by Gasteiger charge is 2.22. The van der Waals surface area contributed by atoms with Gasteiger partial charge in [-0.2, -0.15) is 0 Å². The normalized spacial score (nSPS) is 16.9. The van der Waals surface area contributed by atoms with Crippen molar-refractivity contribution in [2.24, 2.45) is 0 Å². The minimum Gasteiger partial charge on any atom is -0.336 e. The standard InChI is InChI=1S/C13H17BrN2OS/c1-2-15-5-7-16(8-6-15)13(17)11-4-3-10(14)9-12(11)18/h3-4,9,18H,2,5-8H2,1H3. The molecule has 1 fully saturated rings. The quantitative estimate of drug-likeness (QED) is 0.843. The molecule has 18 heavy (non-hydrogen) atoms. The number of benzene rings is 1. The molecular weight excluding hydrogens is 312 g/mol. The first-order valence-electron chi connectivity index (χ1n) is 6.12. The van der Waals surface area contributed by atoms with Crippen molar-refractivity contribution in [3.05, 3.63) is 28.2 Å². The van der Waals surface area contributed by atoms with Crippen molar-refractivity contribution in [2.45, 2.75) is 11.8 Å². The van der Waals surface area contributed by atoms with E-state index in [1.165, 1.54) is 0 Å². The molecule has 1 aliphatic rings. The number of hydrogen-bond donors (Lipinski definition) is 1. The third-order valence-corrected chi connectivity index (χ3v) is 4.16. The van der Waals surface area contributed by atoms with Crippen LogP contribution in [0.5, 0.6) is 0 Å². The first-order valence-corrected chi connectivity index (χ1v) is 7.36. The third kappa shape index (κ3) is 3.08. The highest BCUT2D eigenvalue weighted by atomic mass is 79.9. The Bertz CT molecular complexity index is 445. The Morgan fingerprint density at radius 1 is 1.33 bits per heavy atom. The Morgan fingerprint density at radius 2 is 2.00 bits per heavy atom. The molecule has 0 atom stereocenters. The number of amides is 1. The van der Waals surface area contributed by atoms with Crippen molar-refractivity contribution in [2.75, 3.05) is 32.7 Å². The van der Waals surface area contributed by atoms with Gasteiger partial charge in [0.2, 0.25) is 0 Å². The summed E-state index contributed by atoms with van der Waals surface area (Å²) >= 11 is 7.75. The van der Waals surface area contributed by atoms with Crippen LogP contribution in [0.1, 0.15) is 17.3 Å². The molecule has 2 rings (SSSR count). The number of thiol groups is 1. The zero-order valence-corrected chi connectivity index (χ0v) is 12.9. The van der Waals surface area contributed by atoms with Gasteiger partial charge in [0.15, 0.2) is 0 Å². The number of nitrogens with zero attached hydrogens (tertiary/aromatic N) is 2. The van der Waals surface area contributed by atoms with Gasteiger partial charge in [-0.25, -0.2) is 0 Å². The lowest BCUT2D eigenvalue weighted by atomic mass is 10.2. The van der Waals surface area contributed by atoms with Gasteiger partial charge < -0.3 is 9.80 Å². The van der Waals surface area contributed by atoms with E-state index >= 15 is 0 Å². The Hall–Kier alpha value is -0.520. The van der Waals surface area contributed by atoms with Crippen LogP contribution in [0.2, 0.25) is 0 Å². The van der Waals surface area contributed by atoms with Crippen molar-refractivity contribution < 1.29 is 4.79 Å². The van der Waals surface area contributed by atoms with Crippen LogP contribution in [0.25, 0.3) is 0 Å². The van der Waals surface area contributed by atoms with Crippen LogP contribution in [0.3, 0.4) is 0 Å². The van der Waals surface area contributed by atoms with E-state index in [2.05, 4.69) is 40.4 Å². The molecule has 0 saturated carbocycles. The maximum Gasteiger partial charge on any atom is 0.255 e. The van der Waals surface area contributed by atoms with Crippen LogP contribution >= 0.6 is 28.6 Å². The van der Waals surface area contributed by atoms with Gasteiger partial charge in [0.1, 0.15) is 0 Å². The van der Waals surface area contributed by atoms with Gasteiger partial charge in [-0.3, -0.25) is 4.79 Å². The molecule has 0 aromatic heterocycles. The molecule has 3 nitrogen and oxygen atoms in total. The number of halogens is 1. The Labute approximate surface area is 122 Å². The summed E-state index contributed by atoms with van der Waals surface area (Å²) in [5, 5.41) is 0. The van der Waals surface area contributed by atoms with Crippen molar-refractivity contribution in [3.8, 4) is 0 Å². The molecule has 98 valence electrons. The summed E-state index contributed by atoms with van der Waals surface area (Å²) in [5.41, 5.74) is 0.687. The number of rotatable bonds is 2. The average Bonchev–Trinajstić information content (AvgIpc) is 2.38. The topological polar surface area (TPSA) is 23.6 Å². The lowest BCUT2D eigenvalue weighted by Crippen LogP contribution is -2.48. The minimum absolute atomic E-state index is 0.0863. The molecule has 0 spiro atoms. The Kier molecular flexibility index (Phi) is 4.70. The molecule has 0 unspecified atom stereocenters. The summed E-state index contributed by atoms with van der Waals surface area (Å²) in [6, 6.07) is 5.58. The molecule has 0 bridgehead atoms. The molecule has 5 heteroatoms. The fraction of sp³-hybridized carbons (Fsp3) is 0.462. The number of carbonyl (C=O) groups excluding carboxylic acids is 1. The first kappa shape index (κ1) is 13.9. The minimum atomic E-state index is 0.0863. The van der Waals surface area contributed by atoms with Gasteiger partial charge in [-0.05, 0) is 24.7 Å². The van der Waals surface area contributed by atoms with Gasteiger partial charge >= 0.3 is 0 Å². The average molecular weight is 329 g/mol. The van der Waals surface area contributed by atoms with E-state index in [4.69, 9.17) is 0 Å². The first-order chi connectivity index (χ1) is 8.61. The Morgan fingerprint density at radius 3 is 2.56 bits per heavy atom. The van der Waals surface area contributed by atoms with Crippen LogP contribution in [0.15, 0.2) is 27.6 Å². The van der Waals surface area contributed by atoms with E-state index < -0.39 is 0 Å². The molecular formula is C13H17BrN2OS. The van der Waals surface area contributed by atoms with E-state index in [0.717, 1.165) is 42.1 Å². The zero-order chi connectivity index (χ0) is 13.1. The fourth-order valence-electron chi connectivity index (χ4n) is 2.12. The van der Waals surface area contributed by atoms with E-state index in [-0.39, 0.29) is 5.91 Å². The summed E-state index contributed by atoms with van der Waals surface area (Å²) in [5.74, 6) is 0.0863. The van der Waals surface area contributed by atoms with Crippen LogP contribution in [-0.4, -0.2) is 48.4 Å².